The number of imidazole rings is 1. The molecule has 0 saturated carbocycles. The molecule has 5 rings (SSSR count). The molecule has 1 aliphatic rings. The predicted molar refractivity (Wildman–Crippen MR) is 175 cm³/mol. The summed E-state index contributed by atoms with van der Waals surface area (Å²) < 4.78 is 18.3. The Hall–Kier alpha value is -4.65. The number of hydrogen-bond donors (Lipinski definition) is 3. The van der Waals surface area contributed by atoms with E-state index in [0.29, 0.717) is 46.9 Å². The topological polar surface area (TPSA) is 204 Å². The molecule has 1 fully saturated rings. The van der Waals surface area contributed by atoms with E-state index in [0.717, 1.165) is 40.7 Å². The Balaban J connectivity index is 1.34. The molecule has 2 aromatic carbocycles. The Morgan fingerprint density at radius 2 is 1.69 bits per heavy atom. The fourth-order valence-electron chi connectivity index (χ4n) is 5.72. The van der Waals surface area contributed by atoms with Crippen molar-refractivity contribution in [2.24, 2.45) is 0 Å². The highest BCUT2D eigenvalue weighted by Gasteiger charge is 2.32. The zero-order chi connectivity index (χ0) is 34.6. The number of carbonyl (C=O) groups excluding carboxylic acids is 4. The van der Waals surface area contributed by atoms with Gasteiger partial charge in [-0.2, -0.15) is 0 Å². The van der Waals surface area contributed by atoms with Gasteiger partial charge in [0.2, 0.25) is 0 Å². The number of benzene rings is 2. The van der Waals surface area contributed by atoms with E-state index in [1.165, 1.54) is 6.07 Å². The second kappa shape index (κ2) is 14.6. The summed E-state index contributed by atoms with van der Waals surface area (Å²) >= 11 is 0. The molecule has 48 heavy (non-hydrogen) atoms. The average molecular weight is 680 g/mol. The largest absolute Gasteiger partial charge is 0.524 e. The summed E-state index contributed by atoms with van der Waals surface area (Å²) in [6.45, 7) is 4.23. The van der Waals surface area contributed by atoms with Crippen LogP contribution in [0.2, 0.25) is 0 Å². The van der Waals surface area contributed by atoms with Crippen molar-refractivity contribution in [2.75, 3.05) is 5.73 Å². The Morgan fingerprint density at radius 3 is 2.38 bits per heavy atom. The SMILES string of the molecule is CCCCc1nc2c(N)nc3ccc(CCC(=O)CCCC(=O)ON4C(=O)CCC4=O)cc3c2n1Cc1ccc(OP(=O)(O)O)c(C)c1. The number of phosphoric acid groups is 1. The lowest BCUT2D eigenvalue weighted by molar-refractivity contribution is -0.197. The Morgan fingerprint density at radius 1 is 0.958 bits per heavy atom. The maximum atomic E-state index is 12.7. The van der Waals surface area contributed by atoms with Crippen molar-refractivity contribution in [2.45, 2.75) is 84.6 Å². The number of nitrogen functional groups attached to an aromatic ring is 1. The van der Waals surface area contributed by atoms with Gasteiger partial charge in [-0.15, -0.1) is 5.06 Å². The molecule has 0 atom stereocenters. The highest BCUT2D eigenvalue weighted by Crippen LogP contribution is 2.39. The second-order valence-corrected chi connectivity index (χ2v) is 13.0. The van der Waals surface area contributed by atoms with Crippen LogP contribution < -0.4 is 10.3 Å². The standard InChI is InChI=1S/C33H38N5O9P/c1-3-4-7-27-36-31-32(37(27)19-22-11-14-26(20(2)17-22)47-48(43,44)45)24-18-21(10-13-25(24)35-33(31)34)9-12-23(39)6-5-8-30(42)46-38-28(40)15-16-29(38)41/h10-11,13-14,17-18H,3-9,12,15-16,19H2,1-2H3,(H2,34,35)(H2,43,44,45). The molecular weight excluding hydrogens is 641 g/mol. The van der Waals surface area contributed by atoms with Gasteiger partial charge in [0.1, 0.15) is 22.9 Å². The molecule has 2 amide bonds. The molecule has 3 heterocycles. The Bertz CT molecular complexity index is 1940. The van der Waals surface area contributed by atoms with Gasteiger partial charge in [-0.05, 0) is 61.1 Å². The number of ketones is 1. The fourth-order valence-corrected chi connectivity index (χ4v) is 6.18. The van der Waals surface area contributed by atoms with Gasteiger partial charge in [-0.3, -0.25) is 24.2 Å². The van der Waals surface area contributed by atoms with Crippen LogP contribution in [-0.4, -0.2) is 53.0 Å². The third-order valence-corrected chi connectivity index (χ3v) is 8.56. The van der Waals surface area contributed by atoms with Crippen LogP contribution in [0.3, 0.4) is 0 Å². The third kappa shape index (κ3) is 8.25. The molecule has 0 unspecified atom stereocenters. The van der Waals surface area contributed by atoms with E-state index in [-0.39, 0.29) is 50.1 Å². The monoisotopic (exact) mass is 679 g/mol. The molecule has 2 aromatic heterocycles. The summed E-state index contributed by atoms with van der Waals surface area (Å²) in [5, 5.41) is 1.33. The number of carbonyl (C=O) groups is 4. The van der Waals surface area contributed by atoms with Crippen LogP contribution >= 0.6 is 7.82 Å². The molecule has 0 spiro atoms. The molecule has 4 N–H and O–H groups in total. The molecule has 0 bridgehead atoms. The molecule has 1 saturated heterocycles. The highest BCUT2D eigenvalue weighted by molar-refractivity contribution is 7.46. The van der Waals surface area contributed by atoms with E-state index >= 15 is 0 Å². The molecule has 4 aromatic rings. The number of phosphoric ester groups is 1. The highest BCUT2D eigenvalue weighted by atomic mass is 31.2. The Labute approximate surface area is 276 Å². The number of imide groups is 1. The van der Waals surface area contributed by atoms with Crippen molar-refractivity contribution in [3.05, 3.63) is 58.9 Å². The maximum absolute atomic E-state index is 12.7. The smallest absolute Gasteiger partial charge is 0.404 e. The number of anilines is 1. The predicted octanol–water partition coefficient (Wildman–Crippen LogP) is 4.62. The number of nitrogens with zero attached hydrogens (tertiary/aromatic N) is 4. The van der Waals surface area contributed by atoms with Crippen molar-refractivity contribution >= 4 is 59.1 Å². The number of rotatable bonds is 15. The van der Waals surface area contributed by atoms with E-state index in [4.69, 9.17) is 20.1 Å². The summed E-state index contributed by atoms with van der Waals surface area (Å²) in [7, 11) is -4.71. The Kier molecular flexibility index (Phi) is 10.6. The van der Waals surface area contributed by atoms with Crippen LogP contribution in [0.1, 0.15) is 80.8 Å². The average Bonchev–Trinajstić information content (AvgIpc) is 3.55. The van der Waals surface area contributed by atoms with Crippen LogP contribution in [-0.2, 0) is 48.0 Å². The lowest BCUT2D eigenvalue weighted by Crippen LogP contribution is -2.32. The van der Waals surface area contributed by atoms with Crippen molar-refractivity contribution in [3.8, 4) is 5.75 Å². The number of hydroxylamine groups is 2. The van der Waals surface area contributed by atoms with Gasteiger partial charge in [0.25, 0.3) is 11.8 Å². The third-order valence-electron chi connectivity index (χ3n) is 8.13. The summed E-state index contributed by atoms with van der Waals surface area (Å²) in [5.74, 6) is -0.626. The minimum absolute atomic E-state index is 0.0178. The van der Waals surface area contributed by atoms with E-state index in [2.05, 4.69) is 16.5 Å². The van der Waals surface area contributed by atoms with Crippen molar-refractivity contribution in [1.82, 2.24) is 19.6 Å². The van der Waals surface area contributed by atoms with Gasteiger partial charge in [0, 0.05) is 50.5 Å². The van der Waals surface area contributed by atoms with E-state index < -0.39 is 25.6 Å². The van der Waals surface area contributed by atoms with Gasteiger partial charge >= 0.3 is 13.8 Å². The van der Waals surface area contributed by atoms with Gasteiger partial charge in [-0.25, -0.2) is 19.3 Å². The molecule has 254 valence electrons. The van der Waals surface area contributed by atoms with Gasteiger partial charge in [0.15, 0.2) is 5.82 Å². The quantitative estimate of drug-likeness (QED) is 0.116. The molecule has 0 aliphatic carbocycles. The molecule has 1 aliphatic heterocycles. The number of nitrogens with two attached hydrogens (primary N) is 1. The van der Waals surface area contributed by atoms with Crippen molar-refractivity contribution in [1.29, 1.82) is 0 Å². The summed E-state index contributed by atoms with van der Waals surface area (Å²) in [6, 6.07) is 10.9. The zero-order valence-electron chi connectivity index (χ0n) is 26.8. The maximum Gasteiger partial charge on any atom is 0.524 e. The number of aryl methyl sites for hydroxylation is 3. The van der Waals surface area contributed by atoms with Gasteiger partial charge < -0.3 is 19.7 Å². The number of pyridine rings is 1. The summed E-state index contributed by atoms with van der Waals surface area (Å²) in [5.41, 5.74) is 10.8. The van der Waals surface area contributed by atoms with Gasteiger partial charge in [0.05, 0.1) is 11.0 Å². The van der Waals surface area contributed by atoms with Crippen molar-refractivity contribution in [3.63, 3.8) is 0 Å². The number of Topliss-reactive ketones (excluding diaryl/α,β-unsaturated/α-hetero) is 1. The number of hydrogen-bond acceptors (Lipinski definition) is 10. The van der Waals surface area contributed by atoms with E-state index in [9.17, 15) is 33.5 Å². The van der Waals surface area contributed by atoms with Crippen LogP contribution in [0.25, 0.3) is 21.9 Å². The first-order chi connectivity index (χ1) is 22.8. The van der Waals surface area contributed by atoms with Crippen LogP contribution in [0.4, 0.5) is 5.82 Å². The zero-order valence-corrected chi connectivity index (χ0v) is 27.7. The number of aromatic nitrogens is 3. The molecule has 15 heteroatoms. The second-order valence-electron chi connectivity index (χ2n) is 11.9. The normalized spacial score (nSPS) is 13.5. The van der Waals surface area contributed by atoms with Crippen molar-refractivity contribution < 1.29 is 42.9 Å². The van der Waals surface area contributed by atoms with Crippen LogP contribution in [0.15, 0.2) is 36.4 Å². The fraction of sp³-hybridized carbons (Fsp3) is 0.394. The van der Waals surface area contributed by atoms with Crippen LogP contribution in [0.5, 0.6) is 5.75 Å². The minimum Gasteiger partial charge on any atom is -0.404 e. The molecule has 14 nitrogen and oxygen atoms in total. The van der Waals surface area contributed by atoms with E-state index in [1.54, 1.807) is 13.0 Å². The molecule has 0 radical (unpaired) electrons. The van der Waals surface area contributed by atoms with E-state index in [1.807, 2.05) is 24.3 Å². The summed E-state index contributed by atoms with van der Waals surface area (Å²) in [4.78, 5) is 80.8. The first-order valence-electron chi connectivity index (χ1n) is 15.8. The first kappa shape index (κ1) is 34.7. The first-order valence-corrected chi connectivity index (χ1v) is 17.4. The number of unbranched alkanes of at least 4 members (excludes halogenated alkanes) is 1. The lowest BCUT2D eigenvalue weighted by atomic mass is 10.0. The number of amides is 2. The van der Waals surface area contributed by atoms with Gasteiger partial charge in [-0.1, -0.05) is 31.5 Å². The van der Waals surface area contributed by atoms with Crippen LogP contribution in [0, 0.1) is 6.92 Å². The lowest BCUT2D eigenvalue weighted by Gasteiger charge is -2.14. The molecular formula is C33H38N5O9P. The number of fused-ring (bicyclic) bond motifs is 3. The minimum atomic E-state index is -4.71. The summed E-state index contributed by atoms with van der Waals surface area (Å²) in [6.07, 6.45) is 3.61.